The lowest BCUT2D eigenvalue weighted by atomic mass is 9.76. The average Bonchev–Trinajstić information content (AvgIpc) is 2.05. The Morgan fingerprint density at radius 3 is 2.75 bits per heavy atom. The Morgan fingerprint density at radius 2 is 2.17 bits per heavy atom. The lowest BCUT2D eigenvalue weighted by molar-refractivity contribution is -0.123. The number of carbonyl (C=O) groups excluding carboxylic acids is 1. The number of terminal acetylenes is 1. The Kier molecular flexibility index (Phi) is 3.34. The minimum absolute atomic E-state index is 0.259. The molecule has 1 nitrogen and oxygen atoms in total. The highest BCUT2D eigenvalue weighted by molar-refractivity contribution is 5.78. The quantitative estimate of drug-likeness (QED) is 0.573. The summed E-state index contributed by atoms with van der Waals surface area (Å²) in [7, 11) is 0. The highest BCUT2D eigenvalue weighted by Crippen LogP contribution is 2.32. The zero-order valence-electron chi connectivity index (χ0n) is 7.68. The summed E-state index contributed by atoms with van der Waals surface area (Å²) < 4.78 is 0. The van der Waals surface area contributed by atoms with Crippen molar-refractivity contribution in [1.82, 2.24) is 0 Å². The van der Waals surface area contributed by atoms with E-state index in [0.29, 0.717) is 11.7 Å². The van der Waals surface area contributed by atoms with Crippen LogP contribution in [0.2, 0.25) is 0 Å². The summed E-state index contributed by atoms with van der Waals surface area (Å²) in [5, 5.41) is 0. The molecule has 1 fully saturated rings. The molecule has 0 saturated heterocycles. The monoisotopic (exact) mass is 164 g/mol. The predicted octanol–water partition coefficient (Wildman–Crippen LogP) is 2.41. The fraction of sp³-hybridized carbons (Fsp3) is 0.727. The van der Waals surface area contributed by atoms with Gasteiger partial charge < -0.3 is 0 Å². The van der Waals surface area contributed by atoms with Crippen LogP contribution in [0.3, 0.4) is 0 Å². The molecule has 0 aromatic heterocycles. The molecule has 1 aliphatic rings. The maximum Gasteiger partial charge on any atom is 0.133 e. The van der Waals surface area contributed by atoms with Crippen LogP contribution in [0.1, 0.15) is 39.0 Å². The fourth-order valence-corrected chi connectivity index (χ4v) is 2.14. The third-order valence-electron chi connectivity index (χ3n) is 2.81. The van der Waals surface area contributed by atoms with Gasteiger partial charge in [0, 0.05) is 12.3 Å². The lowest BCUT2D eigenvalue weighted by Gasteiger charge is -2.28. The molecule has 2 unspecified atom stereocenters. The summed E-state index contributed by atoms with van der Waals surface area (Å²) in [5.41, 5.74) is 0. The van der Waals surface area contributed by atoms with Gasteiger partial charge >= 0.3 is 0 Å². The van der Waals surface area contributed by atoms with Crippen molar-refractivity contribution in [3.05, 3.63) is 0 Å². The Bertz CT molecular complexity index is 200. The maximum atomic E-state index is 11.2. The molecular formula is C11H16O. The number of hydrogen-bond donors (Lipinski definition) is 0. The van der Waals surface area contributed by atoms with Crippen LogP contribution in [0.25, 0.3) is 0 Å². The standard InChI is InChI=1S/C11H16O/c1-3-6-10-7-4-5-8-11(10)9(2)12/h1,10-11H,4-8H2,2H3. The van der Waals surface area contributed by atoms with E-state index in [0.717, 1.165) is 19.3 Å². The number of Topliss-reactive ketones (excluding diaryl/α,β-unsaturated/α-hetero) is 1. The molecule has 1 aliphatic carbocycles. The summed E-state index contributed by atoms with van der Waals surface area (Å²) in [4.78, 5) is 11.2. The van der Waals surface area contributed by atoms with Gasteiger partial charge in [-0.15, -0.1) is 12.3 Å². The summed E-state index contributed by atoms with van der Waals surface area (Å²) in [5.74, 6) is 3.73. The molecule has 1 rings (SSSR count). The van der Waals surface area contributed by atoms with Gasteiger partial charge in [-0.1, -0.05) is 12.8 Å². The molecule has 2 atom stereocenters. The second kappa shape index (κ2) is 4.30. The molecule has 0 amide bonds. The number of hydrogen-bond acceptors (Lipinski definition) is 1. The van der Waals surface area contributed by atoms with Crippen molar-refractivity contribution in [1.29, 1.82) is 0 Å². The minimum Gasteiger partial charge on any atom is -0.300 e. The number of ketones is 1. The molecule has 12 heavy (non-hydrogen) atoms. The summed E-state index contributed by atoms with van der Waals surface area (Å²) in [6.45, 7) is 1.69. The van der Waals surface area contributed by atoms with Gasteiger partial charge in [0.2, 0.25) is 0 Å². The van der Waals surface area contributed by atoms with E-state index in [4.69, 9.17) is 6.42 Å². The second-order valence-electron chi connectivity index (χ2n) is 3.67. The molecular weight excluding hydrogens is 148 g/mol. The number of carbonyl (C=O) groups is 1. The van der Waals surface area contributed by atoms with Gasteiger partial charge in [-0.2, -0.15) is 0 Å². The van der Waals surface area contributed by atoms with Gasteiger partial charge in [0.25, 0.3) is 0 Å². The van der Waals surface area contributed by atoms with Gasteiger partial charge in [-0.05, 0) is 25.7 Å². The highest BCUT2D eigenvalue weighted by Gasteiger charge is 2.27. The van der Waals surface area contributed by atoms with Crippen molar-refractivity contribution >= 4 is 5.78 Å². The van der Waals surface area contributed by atoms with Crippen LogP contribution in [0, 0.1) is 24.2 Å². The molecule has 0 aliphatic heterocycles. The van der Waals surface area contributed by atoms with Gasteiger partial charge in [0.05, 0.1) is 0 Å². The van der Waals surface area contributed by atoms with E-state index in [1.54, 1.807) is 6.92 Å². The van der Waals surface area contributed by atoms with Crippen molar-refractivity contribution in [3.8, 4) is 12.3 Å². The summed E-state index contributed by atoms with van der Waals surface area (Å²) in [6.07, 6.45) is 10.7. The molecule has 1 heteroatoms. The Morgan fingerprint density at radius 1 is 1.50 bits per heavy atom. The van der Waals surface area contributed by atoms with Crippen LogP contribution in [0.4, 0.5) is 0 Å². The first-order valence-corrected chi connectivity index (χ1v) is 4.69. The topological polar surface area (TPSA) is 17.1 Å². The van der Waals surface area contributed by atoms with Gasteiger partial charge in [0.1, 0.15) is 5.78 Å². The van der Waals surface area contributed by atoms with Crippen LogP contribution in [-0.4, -0.2) is 5.78 Å². The normalized spacial score (nSPS) is 29.3. The second-order valence-corrected chi connectivity index (χ2v) is 3.67. The zero-order chi connectivity index (χ0) is 8.97. The Balaban J connectivity index is 2.55. The molecule has 0 aromatic carbocycles. The van der Waals surface area contributed by atoms with Crippen molar-refractivity contribution < 1.29 is 4.79 Å². The first-order valence-electron chi connectivity index (χ1n) is 4.69. The zero-order valence-corrected chi connectivity index (χ0v) is 7.68. The van der Waals surface area contributed by atoms with E-state index in [2.05, 4.69) is 5.92 Å². The van der Waals surface area contributed by atoms with Gasteiger partial charge in [-0.3, -0.25) is 4.79 Å². The average molecular weight is 164 g/mol. The van der Waals surface area contributed by atoms with Crippen molar-refractivity contribution in [3.63, 3.8) is 0 Å². The van der Waals surface area contributed by atoms with Crippen molar-refractivity contribution in [2.24, 2.45) is 11.8 Å². The van der Waals surface area contributed by atoms with Crippen LogP contribution in [0.15, 0.2) is 0 Å². The molecule has 0 heterocycles. The fourth-order valence-electron chi connectivity index (χ4n) is 2.14. The van der Waals surface area contributed by atoms with E-state index in [-0.39, 0.29) is 5.92 Å². The lowest BCUT2D eigenvalue weighted by Crippen LogP contribution is -2.25. The van der Waals surface area contributed by atoms with Crippen LogP contribution in [-0.2, 0) is 4.79 Å². The van der Waals surface area contributed by atoms with Gasteiger partial charge in [-0.25, -0.2) is 0 Å². The van der Waals surface area contributed by atoms with E-state index in [1.807, 2.05) is 0 Å². The molecule has 0 radical (unpaired) electrons. The molecule has 0 spiro atoms. The molecule has 66 valence electrons. The van der Waals surface area contributed by atoms with Crippen LogP contribution >= 0.6 is 0 Å². The van der Waals surface area contributed by atoms with E-state index >= 15 is 0 Å². The first kappa shape index (κ1) is 9.32. The van der Waals surface area contributed by atoms with Crippen molar-refractivity contribution in [2.45, 2.75) is 39.0 Å². The molecule has 0 aromatic rings. The smallest absolute Gasteiger partial charge is 0.133 e. The minimum atomic E-state index is 0.259. The Hall–Kier alpha value is -0.770. The van der Waals surface area contributed by atoms with Crippen LogP contribution < -0.4 is 0 Å². The highest BCUT2D eigenvalue weighted by atomic mass is 16.1. The third kappa shape index (κ3) is 2.11. The molecule has 0 bridgehead atoms. The van der Waals surface area contributed by atoms with Gasteiger partial charge in [0.15, 0.2) is 0 Å². The van der Waals surface area contributed by atoms with E-state index < -0.39 is 0 Å². The predicted molar refractivity (Wildman–Crippen MR) is 49.6 cm³/mol. The van der Waals surface area contributed by atoms with Crippen LogP contribution in [0.5, 0.6) is 0 Å². The summed E-state index contributed by atoms with van der Waals surface area (Å²) in [6, 6.07) is 0. The number of rotatable bonds is 2. The molecule has 1 saturated carbocycles. The summed E-state index contributed by atoms with van der Waals surface area (Å²) >= 11 is 0. The van der Waals surface area contributed by atoms with Crippen molar-refractivity contribution in [2.75, 3.05) is 0 Å². The molecule has 0 N–H and O–H groups in total. The van der Waals surface area contributed by atoms with E-state index in [1.165, 1.54) is 12.8 Å². The Labute approximate surface area is 74.5 Å². The first-order chi connectivity index (χ1) is 5.75. The maximum absolute atomic E-state index is 11.2. The van der Waals surface area contributed by atoms with E-state index in [9.17, 15) is 4.79 Å². The largest absolute Gasteiger partial charge is 0.300 e. The third-order valence-corrected chi connectivity index (χ3v) is 2.81. The SMILES string of the molecule is C#CCC1CCCCC1C(C)=O.